The molecule has 0 aliphatic rings. The van der Waals surface area contributed by atoms with Crippen LogP contribution in [0.4, 0.5) is 5.69 Å². The number of carbonyl (C=O) groups is 1. The summed E-state index contributed by atoms with van der Waals surface area (Å²) in [6.07, 6.45) is 2.13. The summed E-state index contributed by atoms with van der Waals surface area (Å²) >= 11 is 0. The molecule has 18 heavy (non-hydrogen) atoms. The van der Waals surface area contributed by atoms with Crippen LogP contribution in [0.2, 0.25) is 0 Å². The van der Waals surface area contributed by atoms with Gasteiger partial charge in [-0.1, -0.05) is 31.5 Å². The third-order valence-electron chi connectivity index (χ3n) is 2.67. The highest BCUT2D eigenvalue weighted by atomic mass is 16.3. The molecule has 0 saturated carbocycles. The van der Waals surface area contributed by atoms with Gasteiger partial charge in [0.2, 0.25) is 5.91 Å². The van der Waals surface area contributed by atoms with Crippen molar-refractivity contribution in [2.45, 2.75) is 19.8 Å². The van der Waals surface area contributed by atoms with Gasteiger partial charge in [-0.3, -0.25) is 9.69 Å². The van der Waals surface area contributed by atoms with Gasteiger partial charge in [0.15, 0.2) is 0 Å². The minimum Gasteiger partial charge on any atom is -0.395 e. The lowest BCUT2D eigenvalue weighted by Crippen LogP contribution is -2.35. The standard InChI is InChI=1S/C14H22N2O2/c1-2-3-9-16(10-11-17)12-14(18)15-13-7-5-4-6-8-13/h4-8,17H,2-3,9-12H2,1H3,(H,15,18). The zero-order valence-electron chi connectivity index (χ0n) is 10.9. The number of anilines is 1. The Balaban J connectivity index is 2.40. The van der Waals surface area contributed by atoms with E-state index in [1.54, 1.807) is 0 Å². The average molecular weight is 250 g/mol. The van der Waals surface area contributed by atoms with Crippen molar-refractivity contribution in [2.75, 3.05) is 31.6 Å². The number of nitrogens with one attached hydrogen (secondary N) is 1. The predicted molar refractivity (Wildman–Crippen MR) is 73.5 cm³/mol. The molecule has 2 N–H and O–H groups in total. The van der Waals surface area contributed by atoms with E-state index in [0.29, 0.717) is 13.1 Å². The van der Waals surface area contributed by atoms with Gasteiger partial charge < -0.3 is 10.4 Å². The number of aliphatic hydroxyl groups excluding tert-OH is 1. The zero-order chi connectivity index (χ0) is 13.2. The number of aliphatic hydroxyl groups is 1. The number of unbranched alkanes of at least 4 members (excludes halogenated alkanes) is 1. The Hall–Kier alpha value is -1.39. The molecule has 1 aromatic carbocycles. The van der Waals surface area contributed by atoms with Crippen LogP contribution in [0, 0.1) is 0 Å². The summed E-state index contributed by atoms with van der Waals surface area (Å²) in [5.41, 5.74) is 0.807. The van der Waals surface area contributed by atoms with E-state index in [0.717, 1.165) is 25.1 Å². The molecule has 1 aromatic rings. The highest BCUT2D eigenvalue weighted by molar-refractivity contribution is 5.92. The SMILES string of the molecule is CCCCN(CCO)CC(=O)Nc1ccccc1. The number of para-hydroxylation sites is 1. The molecule has 4 heteroatoms. The minimum absolute atomic E-state index is 0.0363. The molecule has 0 aliphatic heterocycles. The number of hydrogen-bond acceptors (Lipinski definition) is 3. The quantitative estimate of drug-likeness (QED) is 0.738. The molecule has 0 saturated heterocycles. The lowest BCUT2D eigenvalue weighted by molar-refractivity contribution is -0.117. The average Bonchev–Trinajstić information content (AvgIpc) is 2.37. The number of rotatable bonds is 8. The number of nitrogens with zero attached hydrogens (tertiary/aromatic N) is 1. The fourth-order valence-corrected chi connectivity index (χ4v) is 1.72. The Morgan fingerprint density at radius 2 is 2.00 bits per heavy atom. The van der Waals surface area contributed by atoms with Gasteiger partial charge in [-0.25, -0.2) is 0 Å². The van der Waals surface area contributed by atoms with Gasteiger partial charge in [-0.2, -0.15) is 0 Å². The van der Waals surface area contributed by atoms with Gasteiger partial charge in [-0.05, 0) is 25.1 Å². The van der Waals surface area contributed by atoms with Gasteiger partial charge in [0.1, 0.15) is 0 Å². The van der Waals surface area contributed by atoms with Gasteiger partial charge in [0, 0.05) is 12.2 Å². The van der Waals surface area contributed by atoms with E-state index in [-0.39, 0.29) is 12.5 Å². The minimum atomic E-state index is -0.0363. The topological polar surface area (TPSA) is 52.6 Å². The molecule has 0 radical (unpaired) electrons. The molecule has 100 valence electrons. The second kappa shape index (κ2) is 8.66. The summed E-state index contributed by atoms with van der Waals surface area (Å²) in [7, 11) is 0. The molecule has 0 bridgehead atoms. The Bertz CT molecular complexity index is 341. The van der Waals surface area contributed by atoms with E-state index in [4.69, 9.17) is 5.11 Å². The van der Waals surface area contributed by atoms with Crippen LogP contribution in [0.3, 0.4) is 0 Å². The van der Waals surface area contributed by atoms with Crippen molar-refractivity contribution in [2.24, 2.45) is 0 Å². The van der Waals surface area contributed by atoms with Crippen LogP contribution in [0.25, 0.3) is 0 Å². The largest absolute Gasteiger partial charge is 0.395 e. The van der Waals surface area contributed by atoms with Crippen LogP contribution in [-0.4, -0.2) is 42.2 Å². The smallest absolute Gasteiger partial charge is 0.238 e. The second-order valence-electron chi connectivity index (χ2n) is 4.27. The van der Waals surface area contributed by atoms with Crippen molar-refractivity contribution < 1.29 is 9.90 Å². The van der Waals surface area contributed by atoms with Gasteiger partial charge >= 0.3 is 0 Å². The molecule has 0 aliphatic carbocycles. The molecule has 0 spiro atoms. The first kappa shape index (κ1) is 14.7. The maximum Gasteiger partial charge on any atom is 0.238 e. The third kappa shape index (κ3) is 5.80. The molecule has 1 rings (SSSR count). The van der Waals surface area contributed by atoms with Crippen LogP contribution < -0.4 is 5.32 Å². The lowest BCUT2D eigenvalue weighted by Gasteiger charge is -2.20. The maximum absolute atomic E-state index is 11.8. The van der Waals surface area contributed by atoms with Crippen LogP contribution >= 0.6 is 0 Å². The summed E-state index contributed by atoms with van der Waals surface area (Å²) < 4.78 is 0. The highest BCUT2D eigenvalue weighted by Gasteiger charge is 2.09. The van der Waals surface area contributed by atoms with E-state index in [1.165, 1.54) is 0 Å². The normalized spacial score (nSPS) is 10.6. The van der Waals surface area contributed by atoms with Crippen molar-refractivity contribution in [3.63, 3.8) is 0 Å². The molecular formula is C14H22N2O2. The first-order valence-electron chi connectivity index (χ1n) is 6.44. The molecule has 0 aromatic heterocycles. The molecule has 1 amide bonds. The number of amides is 1. The predicted octanol–water partition coefficient (Wildman–Crippen LogP) is 1.72. The van der Waals surface area contributed by atoms with Crippen molar-refractivity contribution in [3.05, 3.63) is 30.3 Å². The molecule has 0 fully saturated rings. The molecule has 0 heterocycles. The molecule has 4 nitrogen and oxygen atoms in total. The molecular weight excluding hydrogens is 228 g/mol. The fraction of sp³-hybridized carbons (Fsp3) is 0.500. The van der Waals surface area contributed by atoms with Gasteiger partial charge in [0.05, 0.1) is 13.2 Å². The summed E-state index contributed by atoms with van der Waals surface area (Å²) in [5, 5.41) is 11.8. The Morgan fingerprint density at radius 3 is 2.61 bits per heavy atom. The number of carbonyl (C=O) groups excluding carboxylic acids is 1. The molecule has 0 unspecified atom stereocenters. The van der Waals surface area contributed by atoms with Gasteiger partial charge in [0.25, 0.3) is 0 Å². The van der Waals surface area contributed by atoms with E-state index in [2.05, 4.69) is 12.2 Å². The monoisotopic (exact) mass is 250 g/mol. The van der Waals surface area contributed by atoms with Crippen molar-refractivity contribution in [1.82, 2.24) is 4.90 Å². The van der Waals surface area contributed by atoms with Crippen LogP contribution in [0.5, 0.6) is 0 Å². The maximum atomic E-state index is 11.8. The fourth-order valence-electron chi connectivity index (χ4n) is 1.72. The summed E-state index contributed by atoms with van der Waals surface area (Å²) in [5.74, 6) is -0.0363. The number of benzene rings is 1. The van der Waals surface area contributed by atoms with Crippen molar-refractivity contribution in [1.29, 1.82) is 0 Å². The Morgan fingerprint density at radius 1 is 1.28 bits per heavy atom. The van der Waals surface area contributed by atoms with Crippen LogP contribution in [0.15, 0.2) is 30.3 Å². The summed E-state index contributed by atoms with van der Waals surface area (Å²) in [6.45, 7) is 3.92. The summed E-state index contributed by atoms with van der Waals surface area (Å²) in [4.78, 5) is 13.8. The number of hydrogen-bond donors (Lipinski definition) is 2. The van der Waals surface area contributed by atoms with E-state index < -0.39 is 0 Å². The highest BCUT2D eigenvalue weighted by Crippen LogP contribution is 2.05. The second-order valence-corrected chi connectivity index (χ2v) is 4.27. The van der Waals surface area contributed by atoms with Gasteiger partial charge in [-0.15, -0.1) is 0 Å². The molecule has 0 atom stereocenters. The van der Waals surface area contributed by atoms with Crippen LogP contribution in [0.1, 0.15) is 19.8 Å². The van der Waals surface area contributed by atoms with E-state index in [9.17, 15) is 4.79 Å². The lowest BCUT2D eigenvalue weighted by atomic mass is 10.3. The summed E-state index contributed by atoms with van der Waals surface area (Å²) in [6, 6.07) is 9.41. The van der Waals surface area contributed by atoms with E-state index in [1.807, 2.05) is 35.2 Å². The third-order valence-corrected chi connectivity index (χ3v) is 2.67. The Kier molecular flexibility index (Phi) is 7.06. The van der Waals surface area contributed by atoms with Crippen LogP contribution in [-0.2, 0) is 4.79 Å². The van der Waals surface area contributed by atoms with E-state index >= 15 is 0 Å². The first-order valence-corrected chi connectivity index (χ1v) is 6.44. The zero-order valence-corrected chi connectivity index (χ0v) is 10.9. The Labute approximate surface area is 109 Å². The van der Waals surface area contributed by atoms with Crippen molar-refractivity contribution in [3.8, 4) is 0 Å². The van der Waals surface area contributed by atoms with Crippen molar-refractivity contribution >= 4 is 11.6 Å². The first-order chi connectivity index (χ1) is 8.76.